The van der Waals surface area contributed by atoms with E-state index in [1.54, 1.807) is 0 Å². The van der Waals surface area contributed by atoms with Crippen LogP contribution in [-0.2, 0) is 0 Å². The van der Waals surface area contributed by atoms with E-state index in [1.807, 2.05) is 54.7 Å². The molecule has 0 saturated carbocycles. The van der Waals surface area contributed by atoms with Crippen LogP contribution in [0.1, 0.15) is 0 Å². The van der Waals surface area contributed by atoms with Crippen molar-refractivity contribution in [3.63, 3.8) is 0 Å². The molecule has 0 atom stereocenters. The van der Waals surface area contributed by atoms with E-state index in [0.29, 0.717) is 0 Å². The first-order chi connectivity index (χ1) is 14.4. The van der Waals surface area contributed by atoms with Gasteiger partial charge in [0.1, 0.15) is 11.5 Å². The zero-order valence-electron chi connectivity index (χ0n) is 15.5. The minimum Gasteiger partial charge on any atom is -0.360 e. The molecule has 3 heterocycles. The third-order valence-electron chi connectivity index (χ3n) is 5.30. The molecule has 0 saturated heterocycles. The Labute approximate surface area is 166 Å². The van der Waals surface area contributed by atoms with Gasteiger partial charge in [-0.3, -0.25) is 5.10 Å². The van der Waals surface area contributed by atoms with Crippen LogP contribution >= 0.6 is 0 Å². The molecule has 0 unspecified atom stereocenters. The third-order valence-corrected chi connectivity index (χ3v) is 5.30. The highest BCUT2D eigenvalue weighted by molar-refractivity contribution is 6.01. The van der Waals surface area contributed by atoms with E-state index >= 15 is 0 Å². The normalized spacial score (nSPS) is 11.4. The Morgan fingerprint density at radius 2 is 1.48 bits per heavy atom. The lowest BCUT2D eigenvalue weighted by molar-refractivity contribution is 1.10. The first-order valence-electron chi connectivity index (χ1n) is 9.54. The molecule has 6 aromatic rings. The molecule has 3 N–H and O–H groups in total. The molecule has 0 aliphatic carbocycles. The Bertz CT molecular complexity index is 1420. The minimum absolute atomic E-state index is 0.805. The zero-order valence-corrected chi connectivity index (χ0v) is 15.5. The molecule has 0 fully saturated rings. The van der Waals surface area contributed by atoms with Crippen LogP contribution < -0.4 is 0 Å². The Hall–Kier alpha value is -4.12. The number of para-hydroxylation sites is 3. The van der Waals surface area contributed by atoms with Gasteiger partial charge in [0.2, 0.25) is 0 Å². The molecule has 138 valence electrons. The van der Waals surface area contributed by atoms with Crippen LogP contribution in [0.4, 0.5) is 0 Å². The number of nitrogens with zero attached hydrogens (tertiary/aromatic N) is 2. The summed E-state index contributed by atoms with van der Waals surface area (Å²) >= 11 is 0. The number of fused-ring (bicyclic) bond motifs is 2. The standard InChI is InChI=1S/C24H17N5/c1-2-8-15(9-3-1)22-21(24-26-19-12-6-7-13-20(19)27-24)23(29-28-22)17-14-25-18-11-5-4-10-16(17)18/h1-14,25H,(H,26,27)(H,28,29). The van der Waals surface area contributed by atoms with Gasteiger partial charge in [0.05, 0.1) is 22.3 Å². The van der Waals surface area contributed by atoms with Crippen molar-refractivity contribution >= 4 is 21.9 Å². The minimum atomic E-state index is 0.805. The van der Waals surface area contributed by atoms with Gasteiger partial charge in [-0.05, 0) is 18.2 Å². The molecule has 0 aliphatic heterocycles. The monoisotopic (exact) mass is 375 g/mol. The lowest BCUT2D eigenvalue weighted by Crippen LogP contribution is -1.87. The fourth-order valence-electron chi connectivity index (χ4n) is 3.92. The van der Waals surface area contributed by atoms with Crippen molar-refractivity contribution in [2.75, 3.05) is 0 Å². The first kappa shape index (κ1) is 15.9. The fourth-order valence-corrected chi connectivity index (χ4v) is 3.92. The van der Waals surface area contributed by atoms with Gasteiger partial charge < -0.3 is 9.97 Å². The van der Waals surface area contributed by atoms with Gasteiger partial charge in [-0.2, -0.15) is 5.10 Å². The molecule has 5 nitrogen and oxygen atoms in total. The van der Waals surface area contributed by atoms with Crippen LogP contribution in [0.5, 0.6) is 0 Å². The number of rotatable bonds is 3. The van der Waals surface area contributed by atoms with Gasteiger partial charge >= 0.3 is 0 Å². The number of aromatic amines is 3. The fraction of sp³-hybridized carbons (Fsp3) is 0. The van der Waals surface area contributed by atoms with Crippen LogP contribution in [0.2, 0.25) is 0 Å². The van der Waals surface area contributed by atoms with Crippen LogP contribution in [0.3, 0.4) is 0 Å². The molecule has 3 aromatic heterocycles. The van der Waals surface area contributed by atoms with Crippen molar-refractivity contribution in [3.05, 3.63) is 85.1 Å². The van der Waals surface area contributed by atoms with Gasteiger partial charge in [0.25, 0.3) is 0 Å². The highest BCUT2D eigenvalue weighted by Crippen LogP contribution is 2.39. The lowest BCUT2D eigenvalue weighted by atomic mass is 10.0. The number of benzene rings is 3. The number of hydrogen-bond donors (Lipinski definition) is 3. The maximum Gasteiger partial charge on any atom is 0.142 e. The van der Waals surface area contributed by atoms with Crippen LogP contribution in [0.25, 0.3) is 55.8 Å². The first-order valence-corrected chi connectivity index (χ1v) is 9.54. The highest BCUT2D eigenvalue weighted by Gasteiger charge is 2.22. The molecule has 0 bridgehead atoms. The quantitative estimate of drug-likeness (QED) is 0.367. The molecule has 0 aliphatic rings. The highest BCUT2D eigenvalue weighted by atomic mass is 15.1. The Morgan fingerprint density at radius 3 is 2.34 bits per heavy atom. The maximum atomic E-state index is 4.87. The second-order valence-electron chi connectivity index (χ2n) is 7.04. The topological polar surface area (TPSA) is 73.2 Å². The number of H-pyrrole nitrogens is 3. The third kappa shape index (κ3) is 2.48. The van der Waals surface area contributed by atoms with E-state index in [-0.39, 0.29) is 0 Å². The molecule has 5 heteroatoms. The second-order valence-corrected chi connectivity index (χ2v) is 7.04. The van der Waals surface area contributed by atoms with Crippen molar-refractivity contribution in [1.29, 1.82) is 0 Å². The predicted molar refractivity (Wildman–Crippen MR) is 116 cm³/mol. The molecule has 3 aromatic carbocycles. The van der Waals surface area contributed by atoms with E-state index in [9.17, 15) is 0 Å². The van der Waals surface area contributed by atoms with Gasteiger partial charge in [-0.15, -0.1) is 0 Å². The maximum absolute atomic E-state index is 4.87. The predicted octanol–water partition coefficient (Wildman–Crippen LogP) is 5.77. The average Bonchev–Trinajstić information content (AvgIpc) is 3.49. The van der Waals surface area contributed by atoms with Crippen molar-refractivity contribution in [3.8, 4) is 33.9 Å². The number of aromatic nitrogens is 5. The van der Waals surface area contributed by atoms with E-state index in [4.69, 9.17) is 10.1 Å². The SMILES string of the molecule is c1ccc(-c2n[nH]c(-c3c[nH]c4ccccc34)c2-c2nc3ccccc3[nH]2)cc1. The van der Waals surface area contributed by atoms with Gasteiger partial charge in [-0.25, -0.2) is 4.98 Å². The van der Waals surface area contributed by atoms with E-state index in [1.165, 1.54) is 0 Å². The van der Waals surface area contributed by atoms with Crippen molar-refractivity contribution in [2.24, 2.45) is 0 Å². The summed E-state index contributed by atoms with van der Waals surface area (Å²) in [7, 11) is 0. The van der Waals surface area contributed by atoms with E-state index in [2.05, 4.69) is 45.4 Å². The molecule has 0 spiro atoms. The summed E-state index contributed by atoms with van der Waals surface area (Å²) in [4.78, 5) is 11.7. The zero-order chi connectivity index (χ0) is 19.2. The molecule has 0 amide bonds. The molecule has 29 heavy (non-hydrogen) atoms. The average molecular weight is 375 g/mol. The van der Waals surface area contributed by atoms with Crippen molar-refractivity contribution in [2.45, 2.75) is 0 Å². The van der Waals surface area contributed by atoms with Crippen molar-refractivity contribution in [1.82, 2.24) is 25.1 Å². The van der Waals surface area contributed by atoms with Crippen LogP contribution in [0, 0.1) is 0 Å². The summed E-state index contributed by atoms with van der Waals surface area (Å²) < 4.78 is 0. The summed E-state index contributed by atoms with van der Waals surface area (Å²) in [5, 5.41) is 9.12. The van der Waals surface area contributed by atoms with Gasteiger partial charge in [0, 0.05) is 28.2 Å². The van der Waals surface area contributed by atoms with Crippen molar-refractivity contribution < 1.29 is 0 Å². The Morgan fingerprint density at radius 1 is 0.724 bits per heavy atom. The summed E-state index contributed by atoms with van der Waals surface area (Å²) in [6.45, 7) is 0. The Kier molecular flexibility index (Phi) is 3.40. The smallest absolute Gasteiger partial charge is 0.142 e. The van der Waals surface area contributed by atoms with Crippen LogP contribution in [0.15, 0.2) is 85.1 Å². The molecule has 0 radical (unpaired) electrons. The lowest BCUT2D eigenvalue weighted by Gasteiger charge is -2.04. The summed E-state index contributed by atoms with van der Waals surface area (Å²) in [5.74, 6) is 0.805. The number of hydrogen-bond acceptors (Lipinski definition) is 2. The summed E-state index contributed by atoms with van der Waals surface area (Å²) in [5.41, 5.74) is 7.95. The van der Waals surface area contributed by atoms with Crippen LogP contribution in [-0.4, -0.2) is 25.1 Å². The van der Waals surface area contributed by atoms with Gasteiger partial charge in [-0.1, -0.05) is 60.7 Å². The Balaban J connectivity index is 1.66. The van der Waals surface area contributed by atoms with E-state index < -0.39 is 0 Å². The van der Waals surface area contributed by atoms with Gasteiger partial charge in [0.15, 0.2) is 0 Å². The summed E-state index contributed by atoms with van der Waals surface area (Å²) in [6.07, 6.45) is 2.03. The van der Waals surface area contributed by atoms with E-state index in [0.717, 1.165) is 55.8 Å². The molecular formula is C24H17N5. The second kappa shape index (κ2) is 6.21. The number of imidazole rings is 1. The summed E-state index contributed by atoms with van der Waals surface area (Å²) in [6, 6.07) is 26.6. The number of nitrogens with one attached hydrogen (secondary N) is 3. The molecular weight excluding hydrogens is 358 g/mol. The molecule has 6 rings (SSSR count). The largest absolute Gasteiger partial charge is 0.360 e.